The number of hydrogen-bond donors (Lipinski definition) is 2. The Labute approximate surface area is 124 Å². The molecular weight excluding hydrogens is 294 g/mol. The minimum absolute atomic E-state index is 0.0398. The highest BCUT2D eigenvalue weighted by Gasteiger charge is 2.32. The minimum atomic E-state index is -0.961. The van der Waals surface area contributed by atoms with Crippen LogP contribution in [0.2, 0.25) is 0 Å². The number of carboxylic acids is 1. The predicted octanol–water partition coefficient (Wildman–Crippen LogP) is 0.788. The van der Waals surface area contributed by atoms with E-state index in [4.69, 9.17) is 4.52 Å². The Kier molecular flexibility index (Phi) is 3.72. The van der Waals surface area contributed by atoms with Gasteiger partial charge in [0.05, 0.1) is 17.1 Å². The van der Waals surface area contributed by atoms with Crippen molar-refractivity contribution in [2.75, 3.05) is 13.1 Å². The van der Waals surface area contributed by atoms with Gasteiger partial charge in [-0.1, -0.05) is 11.2 Å². The van der Waals surface area contributed by atoms with Crippen LogP contribution in [0.1, 0.15) is 5.69 Å². The first-order valence-corrected chi connectivity index (χ1v) is 7.24. The van der Waals surface area contributed by atoms with Crippen LogP contribution in [0.15, 0.2) is 28.1 Å². The lowest BCUT2D eigenvalue weighted by Crippen LogP contribution is -2.56. The molecule has 1 aliphatic rings. The van der Waals surface area contributed by atoms with Gasteiger partial charge in [0.25, 0.3) is 0 Å². The zero-order valence-corrected chi connectivity index (χ0v) is 11.8. The molecular formula is C13H13N3O4S. The Hall–Kier alpha value is -2.19. The normalized spacial score (nSPS) is 19.4. The molecule has 0 saturated carbocycles. The van der Waals surface area contributed by atoms with Crippen molar-refractivity contribution in [3.63, 3.8) is 0 Å². The van der Waals surface area contributed by atoms with E-state index in [1.807, 2.05) is 17.5 Å². The summed E-state index contributed by atoms with van der Waals surface area (Å²) in [5, 5.41) is 17.6. The van der Waals surface area contributed by atoms with Crippen LogP contribution < -0.4 is 5.32 Å². The fourth-order valence-corrected chi connectivity index (χ4v) is 2.90. The van der Waals surface area contributed by atoms with Crippen LogP contribution in [0.25, 0.3) is 10.6 Å². The van der Waals surface area contributed by atoms with Crippen LogP contribution in [0.3, 0.4) is 0 Å². The number of nitrogens with one attached hydrogen (secondary N) is 1. The summed E-state index contributed by atoms with van der Waals surface area (Å²) in [6, 6.07) is 4.86. The van der Waals surface area contributed by atoms with Crippen LogP contribution in [0.5, 0.6) is 0 Å². The van der Waals surface area contributed by atoms with Crippen molar-refractivity contribution < 1.29 is 19.2 Å². The van der Waals surface area contributed by atoms with Gasteiger partial charge in [-0.15, -0.1) is 11.3 Å². The van der Waals surface area contributed by atoms with Crippen LogP contribution in [-0.2, 0) is 16.1 Å². The number of nitrogens with zero attached hydrogens (tertiary/aromatic N) is 2. The van der Waals surface area contributed by atoms with Gasteiger partial charge in [0.1, 0.15) is 6.04 Å². The number of piperazine rings is 1. The van der Waals surface area contributed by atoms with Gasteiger partial charge in [0, 0.05) is 19.2 Å². The molecule has 110 valence electrons. The molecule has 2 aromatic heterocycles. The van der Waals surface area contributed by atoms with Gasteiger partial charge in [-0.2, -0.15) is 0 Å². The monoisotopic (exact) mass is 307 g/mol. The van der Waals surface area contributed by atoms with E-state index in [1.54, 1.807) is 11.0 Å². The number of carboxylic acid groups (broad SMARTS) is 1. The van der Waals surface area contributed by atoms with Gasteiger partial charge < -0.3 is 14.9 Å². The summed E-state index contributed by atoms with van der Waals surface area (Å²) in [7, 11) is 0. The first-order chi connectivity index (χ1) is 10.1. The molecule has 1 unspecified atom stereocenters. The molecule has 0 spiro atoms. The molecule has 0 aliphatic carbocycles. The lowest BCUT2D eigenvalue weighted by molar-refractivity contribution is -0.146. The lowest BCUT2D eigenvalue weighted by atomic mass is 10.1. The molecule has 21 heavy (non-hydrogen) atoms. The Morgan fingerprint density at radius 3 is 3.19 bits per heavy atom. The van der Waals surface area contributed by atoms with E-state index in [9.17, 15) is 14.7 Å². The first kappa shape index (κ1) is 13.8. The highest BCUT2D eigenvalue weighted by molar-refractivity contribution is 7.13. The molecule has 0 aromatic carbocycles. The number of carbonyl (C=O) groups excluding carboxylic acids is 1. The van der Waals surface area contributed by atoms with Crippen molar-refractivity contribution in [2.24, 2.45) is 0 Å². The molecule has 2 N–H and O–H groups in total. The lowest BCUT2D eigenvalue weighted by Gasteiger charge is -2.31. The second kappa shape index (κ2) is 5.66. The number of aromatic nitrogens is 1. The highest BCUT2D eigenvalue weighted by atomic mass is 32.1. The van der Waals surface area contributed by atoms with Gasteiger partial charge in [-0.25, -0.2) is 0 Å². The maximum atomic E-state index is 11.4. The Bertz CT molecular complexity index is 652. The largest absolute Gasteiger partial charge is 0.480 e. The number of hydrogen-bond acceptors (Lipinski definition) is 6. The van der Waals surface area contributed by atoms with Crippen molar-refractivity contribution in [1.29, 1.82) is 0 Å². The fourth-order valence-electron chi connectivity index (χ4n) is 2.23. The van der Waals surface area contributed by atoms with E-state index in [0.717, 1.165) is 4.88 Å². The Morgan fingerprint density at radius 2 is 2.48 bits per heavy atom. The SMILES string of the molecule is O=C1CN(Cc2cc(-c3cccs3)on2)C(C(=O)O)CN1. The van der Waals surface area contributed by atoms with Gasteiger partial charge in [0.2, 0.25) is 5.91 Å². The molecule has 0 radical (unpaired) electrons. The molecule has 0 bridgehead atoms. The highest BCUT2D eigenvalue weighted by Crippen LogP contribution is 2.25. The van der Waals surface area contributed by atoms with Crippen LogP contribution in [0.4, 0.5) is 0 Å². The fraction of sp³-hybridized carbons (Fsp3) is 0.308. The van der Waals surface area contributed by atoms with Gasteiger partial charge in [-0.05, 0) is 11.4 Å². The van der Waals surface area contributed by atoms with Crippen LogP contribution >= 0.6 is 11.3 Å². The maximum Gasteiger partial charge on any atom is 0.322 e. The maximum absolute atomic E-state index is 11.4. The average molecular weight is 307 g/mol. The molecule has 8 heteroatoms. The van der Waals surface area contributed by atoms with Crippen LogP contribution in [-0.4, -0.2) is 46.2 Å². The summed E-state index contributed by atoms with van der Waals surface area (Å²) in [5.74, 6) is -0.500. The Balaban J connectivity index is 1.75. The molecule has 3 heterocycles. The third-order valence-electron chi connectivity index (χ3n) is 3.25. The van der Waals surface area contributed by atoms with Crippen molar-refractivity contribution in [2.45, 2.75) is 12.6 Å². The number of amides is 1. The quantitative estimate of drug-likeness (QED) is 0.867. The summed E-state index contributed by atoms with van der Waals surface area (Å²) in [6.45, 7) is 0.404. The van der Waals surface area contributed by atoms with Crippen molar-refractivity contribution in [1.82, 2.24) is 15.4 Å². The topological polar surface area (TPSA) is 95.7 Å². The van der Waals surface area contributed by atoms with Crippen molar-refractivity contribution >= 4 is 23.2 Å². The summed E-state index contributed by atoms with van der Waals surface area (Å²) < 4.78 is 5.26. The number of aliphatic carboxylic acids is 1. The van der Waals surface area contributed by atoms with E-state index in [-0.39, 0.29) is 25.5 Å². The van der Waals surface area contributed by atoms with Gasteiger partial charge in [0.15, 0.2) is 5.76 Å². The van der Waals surface area contributed by atoms with Gasteiger partial charge >= 0.3 is 5.97 Å². The summed E-state index contributed by atoms with van der Waals surface area (Å²) in [5.41, 5.74) is 0.611. The Morgan fingerprint density at radius 1 is 1.62 bits per heavy atom. The average Bonchev–Trinajstić information content (AvgIpc) is 3.08. The van der Waals surface area contributed by atoms with E-state index in [0.29, 0.717) is 11.5 Å². The molecule has 7 nitrogen and oxygen atoms in total. The molecule has 1 amide bonds. The standard InChI is InChI=1S/C13H13N3O4S/c17-12-7-16(9(5-14-12)13(18)19)6-8-4-10(20-15-8)11-2-1-3-21-11/h1-4,9H,5-7H2,(H,14,17)(H,18,19). The van der Waals surface area contributed by atoms with Gasteiger partial charge in [-0.3, -0.25) is 14.5 Å². The molecule has 3 rings (SSSR count). The number of carbonyl (C=O) groups is 2. The number of thiophene rings is 1. The molecule has 1 aliphatic heterocycles. The molecule has 1 atom stereocenters. The summed E-state index contributed by atoms with van der Waals surface area (Å²) >= 11 is 1.54. The second-order valence-corrected chi connectivity index (χ2v) is 5.67. The third kappa shape index (κ3) is 2.96. The zero-order chi connectivity index (χ0) is 14.8. The van der Waals surface area contributed by atoms with Crippen molar-refractivity contribution in [3.05, 3.63) is 29.3 Å². The molecule has 2 aromatic rings. The zero-order valence-electron chi connectivity index (χ0n) is 11.0. The number of rotatable bonds is 4. The van der Waals surface area contributed by atoms with E-state index < -0.39 is 12.0 Å². The minimum Gasteiger partial charge on any atom is -0.480 e. The summed E-state index contributed by atoms with van der Waals surface area (Å²) in [6.07, 6.45) is 0. The smallest absolute Gasteiger partial charge is 0.322 e. The summed E-state index contributed by atoms with van der Waals surface area (Å²) in [4.78, 5) is 25.2. The predicted molar refractivity (Wildman–Crippen MR) is 74.7 cm³/mol. The second-order valence-electron chi connectivity index (χ2n) is 4.72. The van der Waals surface area contributed by atoms with Crippen LogP contribution in [0, 0.1) is 0 Å². The molecule has 1 fully saturated rings. The molecule has 1 saturated heterocycles. The first-order valence-electron chi connectivity index (χ1n) is 6.36. The third-order valence-corrected chi connectivity index (χ3v) is 4.14. The van der Waals surface area contributed by atoms with E-state index in [2.05, 4.69) is 10.5 Å². The van der Waals surface area contributed by atoms with E-state index >= 15 is 0 Å². The van der Waals surface area contributed by atoms with E-state index in [1.165, 1.54) is 11.3 Å². The van der Waals surface area contributed by atoms with Crippen molar-refractivity contribution in [3.8, 4) is 10.6 Å².